The van der Waals surface area contributed by atoms with Gasteiger partial charge in [-0.2, -0.15) is 0 Å². The topological polar surface area (TPSA) is 84.6 Å². The first-order valence-corrected chi connectivity index (χ1v) is 11.3. The third-order valence-corrected chi connectivity index (χ3v) is 6.98. The first kappa shape index (κ1) is 20.9. The van der Waals surface area contributed by atoms with Crippen molar-refractivity contribution in [1.82, 2.24) is 9.55 Å². The van der Waals surface area contributed by atoms with E-state index in [-0.39, 0.29) is 29.7 Å². The Morgan fingerprint density at radius 1 is 1.12 bits per heavy atom. The molecule has 32 heavy (non-hydrogen) atoms. The number of aliphatic hydroxyl groups excluding tert-OH is 1. The molecular weight excluding hydrogens is 404 g/mol. The minimum atomic E-state index is -0.922. The van der Waals surface area contributed by atoms with Gasteiger partial charge in [0.2, 0.25) is 0 Å². The zero-order valence-corrected chi connectivity index (χ0v) is 17.9. The zero-order chi connectivity index (χ0) is 22.1. The third kappa shape index (κ3) is 4.08. The van der Waals surface area contributed by atoms with Crippen molar-refractivity contribution in [3.63, 3.8) is 0 Å². The van der Waals surface area contributed by atoms with Crippen LogP contribution in [-0.2, 0) is 11.3 Å². The summed E-state index contributed by atoms with van der Waals surface area (Å²) in [5.41, 5.74) is 4.77. The molecule has 166 valence electrons. The Hall–Kier alpha value is -2.96. The van der Waals surface area contributed by atoms with E-state index in [1.165, 1.54) is 11.1 Å². The maximum absolute atomic E-state index is 11.1. The molecule has 2 unspecified atom stereocenters. The predicted molar refractivity (Wildman–Crippen MR) is 120 cm³/mol. The number of carboxylic acids is 1. The molecule has 2 atom stereocenters. The highest BCUT2D eigenvalue weighted by Crippen LogP contribution is 2.42. The number of fused-ring (bicyclic) bond motifs is 3. The number of ether oxygens (including phenoxy) is 1. The van der Waals surface area contributed by atoms with Crippen LogP contribution in [0.15, 0.2) is 61.1 Å². The van der Waals surface area contributed by atoms with E-state index in [0.29, 0.717) is 13.0 Å². The number of carbonyl (C=O) groups is 1. The van der Waals surface area contributed by atoms with E-state index >= 15 is 0 Å². The number of benzene rings is 2. The van der Waals surface area contributed by atoms with Gasteiger partial charge in [-0.1, -0.05) is 36.4 Å². The van der Waals surface area contributed by atoms with Gasteiger partial charge < -0.3 is 19.5 Å². The number of rotatable bonds is 7. The van der Waals surface area contributed by atoms with E-state index < -0.39 is 5.97 Å². The second-order valence-corrected chi connectivity index (χ2v) is 8.95. The zero-order valence-electron chi connectivity index (χ0n) is 17.9. The van der Waals surface area contributed by atoms with Crippen LogP contribution >= 0.6 is 0 Å². The molecule has 2 N–H and O–H groups in total. The van der Waals surface area contributed by atoms with Crippen molar-refractivity contribution in [3.05, 3.63) is 77.7 Å². The second-order valence-electron chi connectivity index (χ2n) is 8.95. The average Bonchev–Trinajstić information content (AvgIpc) is 3.41. The van der Waals surface area contributed by atoms with Gasteiger partial charge in [0.05, 0.1) is 48.6 Å². The number of aliphatic hydroxyl groups is 1. The number of aromatic nitrogens is 2. The lowest BCUT2D eigenvalue weighted by Crippen LogP contribution is -2.30. The molecule has 2 aromatic carbocycles. The van der Waals surface area contributed by atoms with Gasteiger partial charge in [0.15, 0.2) is 0 Å². The highest BCUT2D eigenvalue weighted by atomic mass is 16.5. The maximum atomic E-state index is 11.1. The van der Waals surface area contributed by atoms with Crippen LogP contribution in [0.1, 0.15) is 59.6 Å². The van der Waals surface area contributed by atoms with Crippen molar-refractivity contribution in [1.29, 1.82) is 0 Å². The summed E-state index contributed by atoms with van der Waals surface area (Å²) in [6.45, 7) is 0.418. The summed E-state index contributed by atoms with van der Waals surface area (Å²) < 4.78 is 8.25. The monoisotopic (exact) mass is 432 g/mol. The smallest absolute Gasteiger partial charge is 0.335 e. The normalized spacial score (nSPS) is 22.8. The number of aromatic carboxylic acids is 1. The molecular formula is C26H28N2O4. The fourth-order valence-corrected chi connectivity index (χ4v) is 5.24. The van der Waals surface area contributed by atoms with Crippen LogP contribution in [0.3, 0.4) is 0 Å². The number of imidazole rings is 1. The summed E-state index contributed by atoms with van der Waals surface area (Å²) in [6.07, 6.45) is 7.96. The van der Waals surface area contributed by atoms with Crippen molar-refractivity contribution in [2.24, 2.45) is 5.92 Å². The Balaban J connectivity index is 1.15. The van der Waals surface area contributed by atoms with Crippen molar-refractivity contribution in [2.75, 3.05) is 0 Å². The number of hydrogen-bond donors (Lipinski definition) is 2. The van der Waals surface area contributed by atoms with Gasteiger partial charge >= 0.3 is 5.97 Å². The summed E-state index contributed by atoms with van der Waals surface area (Å²) in [5, 5.41) is 20.2. The van der Waals surface area contributed by atoms with Crippen LogP contribution in [0.5, 0.6) is 0 Å². The summed E-state index contributed by atoms with van der Waals surface area (Å²) in [6, 6.07) is 15.4. The minimum Gasteiger partial charge on any atom is -0.478 e. The molecule has 0 spiro atoms. The second kappa shape index (κ2) is 8.88. The molecule has 1 saturated carbocycles. The van der Waals surface area contributed by atoms with Crippen LogP contribution in [0.4, 0.5) is 0 Å². The van der Waals surface area contributed by atoms with Gasteiger partial charge in [0.25, 0.3) is 0 Å². The SMILES string of the molecule is O=C(O)c1cccc(COC2CCC(C(O)CC3c4ccccc4-c4cncn43)CC2)c1. The molecule has 2 heterocycles. The Morgan fingerprint density at radius 2 is 1.94 bits per heavy atom. The first-order valence-electron chi connectivity index (χ1n) is 11.3. The molecule has 0 saturated heterocycles. The van der Waals surface area contributed by atoms with E-state index in [1.807, 2.05) is 24.7 Å². The van der Waals surface area contributed by atoms with Crippen LogP contribution in [0, 0.1) is 5.92 Å². The van der Waals surface area contributed by atoms with Gasteiger partial charge in [-0.05, 0) is 61.3 Å². The quantitative estimate of drug-likeness (QED) is 0.566. The Kier molecular flexibility index (Phi) is 5.81. The fourth-order valence-electron chi connectivity index (χ4n) is 5.24. The summed E-state index contributed by atoms with van der Waals surface area (Å²) in [4.78, 5) is 15.4. The highest BCUT2D eigenvalue weighted by Gasteiger charge is 2.33. The molecule has 5 rings (SSSR count). The van der Waals surface area contributed by atoms with Gasteiger partial charge in [0.1, 0.15) is 0 Å². The Labute approximate surface area is 187 Å². The van der Waals surface area contributed by atoms with E-state index in [9.17, 15) is 9.90 Å². The van der Waals surface area contributed by atoms with Gasteiger partial charge in [-0.3, -0.25) is 0 Å². The Morgan fingerprint density at radius 3 is 2.75 bits per heavy atom. The highest BCUT2D eigenvalue weighted by molar-refractivity contribution is 5.87. The predicted octanol–water partition coefficient (Wildman–Crippen LogP) is 4.68. The van der Waals surface area contributed by atoms with E-state index in [2.05, 4.69) is 27.8 Å². The standard InChI is InChI=1S/C26H28N2O4/c29-25(13-23-21-6-1-2-7-22(21)24-14-27-16-28(23)24)18-8-10-20(11-9-18)32-15-17-4-3-5-19(12-17)26(30)31/h1-7,12,14,16,18,20,23,25,29H,8-11,13,15H2,(H,30,31). The van der Waals surface area contributed by atoms with Crippen molar-refractivity contribution < 1.29 is 19.7 Å². The first-order chi connectivity index (χ1) is 15.6. The number of nitrogens with zero attached hydrogens (tertiary/aromatic N) is 2. The van der Waals surface area contributed by atoms with Crippen molar-refractivity contribution in [3.8, 4) is 11.3 Å². The molecule has 3 aromatic rings. The van der Waals surface area contributed by atoms with Gasteiger partial charge in [-0.25, -0.2) is 9.78 Å². The lowest BCUT2D eigenvalue weighted by Gasteiger charge is -2.32. The molecule has 1 aliphatic heterocycles. The molecule has 6 nitrogen and oxygen atoms in total. The van der Waals surface area contributed by atoms with Crippen LogP contribution in [0.2, 0.25) is 0 Å². The Bertz CT molecular complexity index is 1100. The van der Waals surface area contributed by atoms with Crippen molar-refractivity contribution >= 4 is 5.97 Å². The van der Waals surface area contributed by atoms with E-state index in [1.54, 1.807) is 18.2 Å². The molecule has 0 radical (unpaired) electrons. The molecule has 2 aliphatic rings. The van der Waals surface area contributed by atoms with Crippen LogP contribution in [-0.4, -0.2) is 37.9 Å². The lowest BCUT2D eigenvalue weighted by atomic mass is 9.81. The summed E-state index contributed by atoms with van der Waals surface area (Å²) in [5.74, 6) is -0.654. The molecule has 6 heteroatoms. The lowest BCUT2D eigenvalue weighted by molar-refractivity contribution is -0.0160. The summed E-state index contributed by atoms with van der Waals surface area (Å²) >= 11 is 0. The molecule has 0 bridgehead atoms. The number of hydrogen-bond acceptors (Lipinski definition) is 4. The van der Waals surface area contributed by atoms with E-state index in [4.69, 9.17) is 9.84 Å². The van der Waals surface area contributed by atoms with Gasteiger partial charge in [0, 0.05) is 5.56 Å². The van der Waals surface area contributed by atoms with Crippen molar-refractivity contribution in [2.45, 2.75) is 57.0 Å². The minimum absolute atomic E-state index is 0.134. The molecule has 1 fully saturated rings. The fraction of sp³-hybridized carbons (Fsp3) is 0.385. The number of carboxylic acid groups (broad SMARTS) is 1. The maximum Gasteiger partial charge on any atom is 0.335 e. The van der Waals surface area contributed by atoms with Gasteiger partial charge in [-0.15, -0.1) is 0 Å². The average molecular weight is 433 g/mol. The van der Waals surface area contributed by atoms with Crippen LogP contribution in [0.25, 0.3) is 11.3 Å². The largest absolute Gasteiger partial charge is 0.478 e. The molecule has 0 amide bonds. The molecule has 1 aliphatic carbocycles. The van der Waals surface area contributed by atoms with Crippen LogP contribution < -0.4 is 0 Å². The molecule has 1 aromatic heterocycles. The van der Waals surface area contributed by atoms with E-state index in [0.717, 1.165) is 36.9 Å². The summed E-state index contributed by atoms with van der Waals surface area (Å²) in [7, 11) is 0. The third-order valence-electron chi connectivity index (χ3n) is 6.98.